The van der Waals surface area contributed by atoms with Crippen molar-refractivity contribution in [3.8, 4) is 11.5 Å². The monoisotopic (exact) mass is 341 g/mol. The van der Waals surface area contributed by atoms with Gasteiger partial charge in [-0.15, -0.1) is 0 Å². The van der Waals surface area contributed by atoms with E-state index in [-0.39, 0.29) is 12.5 Å². The summed E-state index contributed by atoms with van der Waals surface area (Å²) in [4.78, 5) is 12.2. The zero-order valence-electron chi connectivity index (χ0n) is 14.5. The second-order valence-corrected chi connectivity index (χ2v) is 6.41. The zero-order chi connectivity index (χ0) is 17.8. The molecule has 5 nitrogen and oxygen atoms in total. The van der Waals surface area contributed by atoms with Crippen LogP contribution < -0.4 is 14.8 Å². The zero-order valence-corrected chi connectivity index (χ0v) is 14.5. The van der Waals surface area contributed by atoms with Crippen molar-refractivity contribution in [1.29, 1.82) is 0 Å². The molecule has 2 aromatic carbocycles. The summed E-state index contributed by atoms with van der Waals surface area (Å²) in [7, 11) is 0. The van der Waals surface area contributed by atoms with Crippen LogP contribution in [0, 0.1) is 0 Å². The van der Waals surface area contributed by atoms with Gasteiger partial charge >= 0.3 is 0 Å². The van der Waals surface area contributed by atoms with Crippen molar-refractivity contribution in [2.24, 2.45) is 0 Å². The van der Waals surface area contributed by atoms with Crippen LogP contribution in [0.25, 0.3) is 0 Å². The number of hydrogen-bond acceptors (Lipinski definition) is 4. The maximum Gasteiger partial charge on any atom is 0.251 e. The topological polar surface area (TPSA) is 67.8 Å². The molecule has 1 aliphatic heterocycles. The Hall–Kier alpha value is -2.53. The lowest BCUT2D eigenvalue weighted by atomic mass is 10.0. The SMILES string of the molecule is CC(C)c1ccc(C(=O)NCC(O)c2ccc3c(c2)OCCO3)cc1. The van der Waals surface area contributed by atoms with Crippen LogP contribution >= 0.6 is 0 Å². The van der Waals surface area contributed by atoms with E-state index < -0.39 is 6.10 Å². The van der Waals surface area contributed by atoms with Crippen molar-refractivity contribution in [3.63, 3.8) is 0 Å². The van der Waals surface area contributed by atoms with Gasteiger partial charge in [0.2, 0.25) is 0 Å². The van der Waals surface area contributed by atoms with E-state index in [2.05, 4.69) is 19.2 Å². The standard InChI is InChI=1S/C20H23NO4/c1-13(2)14-3-5-15(6-4-14)20(23)21-12-17(22)16-7-8-18-19(11-16)25-10-9-24-18/h3-8,11,13,17,22H,9-10,12H2,1-2H3,(H,21,23). The molecule has 2 aromatic rings. The first kappa shape index (κ1) is 17.3. The van der Waals surface area contributed by atoms with Crippen LogP contribution in [0.15, 0.2) is 42.5 Å². The lowest BCUT2D eigenvalue weighted by molar-refractivity contribution is 0.0916. The summed E-state index contributed by atoms with van der Waals surface area (Å²) in [6.07, 6.45) is -0.810. The first-order valence-electron chi connectivity index (χ1n) is 8.50. The second-order valence-electron chi connectivity index (χ2n) is 6.41. The molecule has 0 radical (unpaired) electrons. The van der Waals surface area contributed by atoms with Crippen LogP contribution in [0.3, 0.4) is 0 Å². The summed E-state index contributed by atoms with van der Waals surface area (Å²) in [6.45, 7) is 5.37. The quantitative estimate of drug-likeness (QED) is 0.877. The fraction of sp³-hybridized carbons (Fsp3) is 0.350. The Morgan fingerprint density at radius 2 is 1.68 bits per heavy atom. The number of carbonyl (C=O) groups is 1. The molecule has 1 amide bonds. The van der Waals surface area contributed by atoms with Crippen LogP contribution in [0.4, 0.5) is 0 Å². The second kappa shape index (κ2) is 7.57. The number of ether oxygens (including phenoxy) is 2. The maximum atomic E-state index is 12.2. The molecule has 132 valence electrons. The Morgan fingerprint density at radius 3 is 2.36 bits per heavy atom. The summed E-state index contributed by atoms with van der Waals surface area (Å²) in [6, 6.07) is 12.8. The van der Waals surface area contributed by atoms with E-state index in [9.17, 15) is 9.90 Å². The minimum Gasteiger partial charge on any atom is -0.486 e. The van der Waals surface area contributed by atoms with Gasteiger partial charge in [-0.05, 0) is 41.3 Å². The van der Waals surface area contributed by atoms with Gasteiger partial charge in [-0.25, -0.2) is 0 Å². The number of hydrogen-bond donors (Lipinski definition) is 2. The van der Waals surface area contributed by atoms with Crippen molar-refractivity contribution < 1.29 is 19.4 Å². The van der Waals surface area contributed by atoms with E-state index in [1.165, 1.54) is 5.56 Å². The number of aliphatic hydroxyl groups excluding tert-OH is 1. The molecular formula is C20H23NO4. The Kier molecular flexibility index (Phi) is 5.24. The number of amides is 1. The number of carbonyl (C=O) groups excluding carboxylic acids is 1. The van der Waals surface area contributed by atoms with E-state index in [0.29, 0.717) is 41.8 Å². The Bertz CT molecular complexity index is 740. The largest absolute Gasteiger partial charge is 0.486 e. The van der Waals surface area contributed by atoms with Gasteiger partial charge in [0.05, 0.1) is 6.10 Å². The van der Waals surface area contributed by atoms with Crippen LogP contribution in [-0.4, -0.2) is 30.8 Å². The fourth-order valence-electron chi connectivity index (χ4n) is 2.70. The highest BCUT2D eigenvalue weighted by Crippen LogP contribution is 2.32. The Labute approximate surface area is 147 Å². The first-order valence-corrected chi connectivity index (χ1v) is 8.50. The van der Waals surface area contributed by atoms with Crippen LogP contribution in [0.5, 0.6) is 11.5 Å². The molecular weight excluding hydrogens is 318 g/mol. The summed E-state index contributed by atoms with van der Waals surface area (Å²) >= 11 is 0. The van der Waals surface area contributed by atoms with Crippen LogP contribution in [0.2, 0.25) is 0 Å². The van der Waals surface area contributed by atoms with Gasteiger partial charge in [-0.1, -0.05) is 32.0 Å². The van der Waals surface area contributed by atoms with Gasteiger partial charge in [-0.2, -0.15) is 0 Å². The third-order valence-electron chi connectivity index (χ3n) is 4.25. The highest BCUT2D eigenvalue weighted by atomic mass is 16.6. The lowest BCUT2D eigenvalue weighted by Gasteiger charge is -2.20. The Morgan fingerprint density at radius 1 is 1.04 bits per heavy atom. The number of nitrogens with one attached hydrogen (secondary N) is 1. The normalized spacial score (nSPS) is 14.2. The number of rotatable bonds is 5. The van der Waals surface area contributed by atoms with E-state index >= 15 is 0 Å². The molecule has 0 fully saturated rings. The Balaban J connectivity index is 1.59. The van der Waals surface area contributed by atoms with Gasteiger partial charge in [0.1, 0.15) is 13.2 Å². The predicted octanol–water partition coefficient (Wildman–Crippen LogP) is 3.04. The third-order valence-corrected chi connectivity index (χ3v) is 4.25. The summed E-state index contributed by atoms with van der Waals surface area (Å²) in [5, 5.41) is 13.1. The molecule has 0 aromatic heterocycles. The van der Waals surface area contributed by atoms with E-state index in [1.807, 2.05) is 12.1 Å². The predicted molar refractivity (Wildman–Crippen MR) is 95.3 cm³/mol. The molecule has 0 aliphatic carbocycles. The van der Waals surface area contributed by atoms with E-state index in [0.717, 1.165) is 0 Å². The summed E-state index contributed by atoms with van der Waals surface area (Å²) < 4.78 is 11.0. The van der Waals surface area contributed by atoms with Gasteiger partial charge in [-0.3, -0.25) is 4.79 Å². The number of aliphatic hydroxyl groups is 1. The molecule has 1 aliphatic rings. The van der Waals surface area contributed by atoms with Crippen LogP contribution in [0.1, 0.15) is 47.4 Å². The first-order chi connectivity index (χ1) is 12.0. The van der Waals surface area contributed by atoms with Gasteiger partial charge in [0.25, 0.3) is 5.91 Å². The number of fused-ring (bicyclic) bond motifs is 1. The minimum absolute atomic E-state index is 0.129. The molecule has 0 saturated heterocycles. The molecule has 1 heterocycles. The van der Waals surface area contributed by atoms with Crippen molar-refractivity contribution in [1.82, 2.24) is 5.32 Å². The number of benzene rings is 2. The average Bonchev–Trinajstić information content (AvgIpc) is 2.65. The summed E-state index contributed by atoms with van der Waals surface area (Å²) in [5.41, 5.74) is 2.45. The summed E-state index contributed by atoms with van der Waals surface area (Å²) in [5.74, 6) is 1.52. The average molecular weight is 341 g/mol. The van der Waals surface area contributed by atoms with Gasteiger partial charge in [0.15, 0.2) is 11.5 Å². The molecule has 0 spiro atoms. The highest BCUT2D eigenvalue weighted by molar-refractivity contribution is 5.94. The highest BCUT2D eigenvalue weighted by Gasteiger charge is 2.16. The molecule has 3 rings (SSSR count). The van der Waals surface area contributed by atoms with Gasteiger partial charge < -0.3 is 19.9 Å². The van der Waals surface area contributed by atoms with E-state index in [1.54, 1.807) is 30.3 Å². The van der Waals surface area contributed by atoms with Crippen molar-refractivity contribution in [2.45, 2.75) is 25.9 Å². The van der Waals surface area contributed by atoms with Crippen molar-refractivity contribution >= 4 is 5.91 Å². The third kappa shape index (κ3) is 4.12. The molecule has 0 bridgehead atoms. The molecule has 25 heavy (non-hydrogen) atoms. The minimum atomic E-state index is -0.810. The molecule has 0 saturated carbocycles. The smallest absolute Gasteiger partial charge is 0.251 e. The molecule has 2 N–H and O–H groups in total. The fourth-order valence-corrected chi connectivity index (χ4v) is 2.70. The molecule has 1 atom stereocenters. The maximum absolute atomic E-state index is 12.2. The molecule has 5 heteroatoms. The molecule has 1 unspecified atom stereocenters. The van der Waals surface area contributed by atoms with Gasteiger partial charge in [0, 0.05) is 12.1 Å². The lowest BCUT2D eigenvalue weighted by Crippen LogP contribution is -2.28. The van der Waals surface area contributed by atoms with Crippen LogP contribution in [-0.2, 0) is 0 Å². The van der Waals surface area contributed by atoms with Crippen molar-refractivity contribution in [3.05, 3.63) is 59.2 Å². The van der Waals surface area contributed by atoms with E-state index in [4.69, 9.17) is 9.47 Å². The van der Waals surface area contributed by atoms with Crippen molar-refractivity contribution in [2.75, 3.05) is 19.8 Å².